The van der Waals surface area contributed by atoms with E-state index >= 15 is 0 Å². The molecule has 1 saturated carbocycles. The summed E-state index contributed by atoms with van der Waals surface area (Å²) >= 11 is 7.82. The number of fused-ring (bicyclic) bond motifs is 1. The fraction of sp³-hybridized carbons (Fsp3) is 0.421. The van der Waals surface area contributed by atoms with Gasteiger partial charge in [-0.1, -0.05) is 36.9 Å². The highest BCUT2D eigenvalue weighted by atomic mass is 35.5. The van der Waals surface area contributed by atoms with E-state index in [2.05, 4.69) is 16.4 Å². The first-order valence-electron chi connectivity index (χ1n) is 9.26. The molecule has 0 saturated heterocycles. The standard InChI is InChI=1S/C19H22ClN5OS.ClH/c1-12(26)24-15(10-14-8-5-9-27-14)18(22-13-6-3-2-4-7-13)25-17(21)11-16(20)23-19(24)25;/h5,8-9,11,13,21-22H,2-4,6-7,10H2,1H3;1H. The van der Waals surface area contributed by atoms with E-state index in [4.69, 9.17) is 17.3 Å². The molecule has 0 aliphatic heterocycles. The molecule has 0 radical (unpaired) electrons. The molecular formula is C19H23Cl2N5OS. The Morgan fingerprint density at radius 1 is 1.43 bits per heavy atom. The van der Waals surface area contributed by atoms with Crippen molar-refractivity contribution in [1.82, 2.24) is 9.55 Å². The zero-order chi connectivity index (χ0) is 19.0. The molecule has 1 aliphatic rings. The van der Waals surface area contributed by atoms with Crippen LogP contribution in [0.3, 0.4) is 0 Å². The number of nitrogens with two attached hydrogens (primary N) is 1. The minimum absolute atomic E-state index is 0. The first-order valence-corrected chi connectivity index (χ1v) is 10.5. The Morgan fingerprint density at radius 2 is 2.18 bits per heavy atom. The van der Waals surface area contributed by atoms with Gasteiger partial charge >= 0.3 is 5.78 Å². The van der Waals surface area contributed by atoms with Gasteiger partial charge in [0.2, 0.25) is 5.82 Å². The van der Waals surface area contributed by atoms with Gasteiger partial charge in [-0.05, 0) is 24.3 Å². The van der Waals surface area contributed by atoms with E-state index in [0.29, 0.717) is 24.1 Å². The lowest BCUT2D eigenvalue weighted by atomic mass is 9.95. The molecular weight excluding hydrogens is 417 g/mol. The van der Waals surface area contributed by atoms with E-state index in [1.807, 2.05) is 15.8 Å². The van der Waals surface area contributed by atoms with Gasteiger partial charge in [0.25, 0.3) is 5.91 Å². The fourth-order valence-electron chi connectivity index (χ4n) is 3.87. The summed E-state index contributed by atoms with van der Waals surface area (Å²) in [6.07, 6.45) is 6.58. The molecule has 1 aliphatic carbocycles. The average Bonchev–Trinajstić information content (AvgIpc) is 3.23. The topological polar surface area (TPSA) is 77.0 Å². The second-order valence-electron chi connectivity index (χ2n) is 7.02. The molecule has 1 fully saturated rings. The molecule has 0 bridgehead atoms. The normalized spacial score (nSPS) is 14.8. The Bertz CT molecular complexity index is 980. The van der Waals surface area contributed by atoms with Gasteiger partial charge in [-0.15, -0.1) is 16.3 Å². The van der Waals surface area contributed by atoms with Gasteiger partial charge in [0, 0.05) is 24.3 Å². The number of thiophene rings is 1. The molecule has 28 heavy (non-hydrogen) atoms. The van der Waals surface area contributed by atoms with Crippen molar-refractivity contribution in [3.05, 3.63) is 39.3 Å². The molecule has 6 nitrogen and oxygen atoms in total. The average molecular weight is 440 g/mol. The molecule has 0 spiro atoms. The Kier molecular flexibility index (Phi) is 6.47. The third-order valence-electron chi connectivity index (χ3n) is 5.08. The summed E-state index contributed by atoms with van der Waals surface area (Å²) in [4.78, 5) is 18.1. The van der Waals surface area contributed by atoms with Crippen LogP contribution < -0.4 is 27.9 Å². The molecule has 3 N–H and O–H groups in total. The van der Waals surface area contributed by atoms with Gasteiger partial charge in [-0.3, -0.25) is 4.79 Å². The largest absolute Gasteiger partial charge is 1.00 e. The maximum absolute atomic E-state index is 12.5. The van der Waals surface area contributed by atoms with Gasteiger partial charge in [0.05, 0.1) is 6.04 Å². The lowest BCUT2D eigenvalue weighted by molar-refractivity contribution is -0.481. The van der Waals surface area contributed by atoms with Gasteiger partial charge in [0.1, 0.15) is 5.69 Å². The van der Waals surface area contributed by atoms with Crippen LogP contribution >= 0.6 is 22.9 Å². The van der Waals surface area contributed by atoms with E-state index in [9.17, 15) is 4.79 Å². The number of hydrogen-bond acceptors (Lipinski definition) is 5. The predicted octanol–water partition coefficient (Wildman–Crippen LogP) is 0.918. The van der Waals surface area contributed by atoms with Crippen molar-refractivity contribution in [1.29, 1.82) is 0 Å². The summed E-state index contributed by atoms with van der Waals surface area (Å²) < 4.78 is 3.46. The van der Waals surface area contributed by atoms with Crippen LogP contribution in [0.15, 0.2) is 23.6 Å². The van der Waals surface area contributed by atoms with Gasteiger partial charge < -0.3 is 23.5 Å². The van der Waals surface area contributed by atoms with E-state index in [-0.39, 0.29) is 23.5 Å². The summed E-state index contributed by atoms with van der Waals surface area (Å²) in [6.45, 7) is 1.54. The molecule has 0 aromatic carbocycles. The lowest BCUT2D eigenvalue weighted by Gasteiger charge is -2.22. The molecule has 0 atom stereocenters. The first-order chi connectivity index (χ1) is 13.0. The van der Waals surface area contributed by atoms with Crippen LogP contribution in [0.25, 0.3) is 5.78 Å². The fourth-order valence-corrected chi connectivity index (χ4v) is 4.77. The Hall–Kier alpha value is -1.83. The molecule has 150 valence electrons. The van der Waals surface area contributed by atoms with Crippen LogP contribution in [-0.2, 0) is 6.42 Å². The maximum atomic E-state index is 12.5. The molecule has 9 heteroatoms. The zero-order valence-corrected chi connectivity index (χ0v) is 17.9. The molecule has 3 aromatic heterocycles. The van der Waals surface area contributed by atoms with Crippen molar-refractivity contribution in [2.24, 2.45) is 0 Å². The molecule has 3 aromatic rings. The summed E-state index contributed by atoms with van der Waals surface area (Å²) in [6, 6.07) is 6.09. The molecule has 0 amide bonds. The van der Waals surface area contributed by atoms with Gasteiger partial charge in [-0.2, -0.15) is 8.97 Å². The predicted molar refractivity (Wildman–Crippen MR) is 109 cm³/mol. The summed E-state index contributed by atoms with van der Waals surface area (Å²) in [7, 11) is 0. The van der Waals surface area contributed by atoms with Crippen molar-refractivity contribution in [2.75, 3.05) is 11.1 Å². The van der Waals surface area contributed by atoms with E-state index in [0.717, 1.165) is 24.4 Å². The number of nitrogens with zero attached hydrogens (tertiary/aromatic N) is 3. The second-order valence-corrected chi connectivity index (χ2v) is 8.44. The number of carbonyl (C=O) groups excluding carboxylic acids is 1. The molecule has 3 heterocycles. The van der Waals surface area contributed by atoms with Crippen molar-refractivity contribution in [3.8, 4) is 0 Å². The summed E-state index contributed by atoms with van der Waals surface area (Å²) in [5.74, 6) is 1.67. The highest BCUT2D eigenvalue weighted by Crippen LogP contribution is 2.27. The van der Waals surface area contributed by atoms with Crippen molar-refractivity contribution in [2.45, 2.75) is 51.5 Å². The number of hydrogen-bond donors (Lipinski definition) is 2. The number of halogens is 2. The number of carbonyl (C=O) groups is 1. The SMILES string of the molecule is CC(=O)n1c(Cc2cccs2)c(NC2CCCCC2)[n+]2c(N)cc(Cl)nc12.[Cl-]. The minimum atomic E-state index is -0.107. The highest BCUT2D eigenvalue weighted by Gasteiger charge is 2.30. The number of nitrogen functional groups attached to an aromatic ring is 1. The maximum Gasteiger partial charge on any atom is 0.341 e. The third kappa shape index (κ3) is 3.97. The number of anilines is 2. The second kappa shape index (κ2) is 8.68. The number of imidazole rings is 1. The third-order valence-corrected chi connectivity index (χ3v) is 6.15. The van der Waals surface area contributed by atoms with Crippen molar-refractivity contribution < 1.29 is 21.6 Å². The van der Waals surface area contributed by atoms with Crippen molar-refractivity contribution >= 4 is 46.3 Å². The smallest absolute Gasteiger partial charge is 0.341 e. The van der Waals surface area contributed by atoms with Gasteiger partial charge in [0.15, 0.2) is 11.0 Å². The highest BCUT2D eigenvalue weighted by molar-refractivity contribution is 7.09. The lowest BCUT2D eigenvalue weighted by Crippen LogP contribution is -3.00. The number of nitrogens with one attached hydrogen (secondary N) is 1. The number of rotatable bonds is 4. The quantitative estimate of drug-likeness (QED) is 0.467. The summed E-state index contributed by atoms with van der Waals surface area (Å²) in [5.41, 5.74) is 7.17. The van der Waals surface area contributed by atoms with Crippen LogP contribution in [0.1, 0.15) is 54.4 Å². The van der Waals surface area contributed by atoms with E-state index in [1.54, 1.807) is 28.9 Å². The monoisotopic (exact) mass is 439 g/mol. The van der Waals surface area contributed by atoms with E-state index < -0.39 is 0 Å². The van der Waals surface area contributed by atoms with E-state index in [1.165, 1.54) is 24.1 Å². The molecule has 4 rings (SSSR count). The van der Waals surface area contributed by atoms with Crippen LogP contribution in [-0.4, -0.2) is 21.5 Å². The minimum Gasteiger partial charge on any atom is -1.00 e. The van der Waals surface area contributed by atoms with Crippen LogP contribution in [0, 0.1) is 0 Å². The van der Waals surface area contributed by atoms with Crippen molar-refractivity contribution in [3.63, 3.8) is 0 Å². The Labute approximate surface area is 179 Å². The van der Waals surface area contributed by atoms with Gasteiger partial charge in [-0.25, -0.2) is 0 Å². The van der Waals surface area contributed by atoms with Crippen LogP contribution in [0.4, 0.5) is 11.6 Å². The number of aromatic nitrogens is 3. The van der Waals surface area contributed by atoms with Crippen LogP contribution in [0.5, 0.6) is 0 Å². The molecule has 0 unspecified atom stereocenters. The summed E-state index contributed by atoms with van der Waals surface area (Å²) in [5, 5.41) is 5.99. The first kappa shape index (κ1) is 20.9. The van der Waals surface area contributed by atoms with Crippen LogP contribution in [0.2, 0.25) is 5.15 Å². The Morgan fingerprint density at radius 3 is 2.82 bits per heavy atom. The zero-order valence-electron chi connectivity index (χ0n) is 15.6. The Balaban J connectivity index is 0.00000225.